The number of rotatable bonds is 3. The van der Waals surface area contributed by atoms with Crippen LogP contribution in [0.1, 0.15) is 34.0 Å². The topological polar surface area (TPSA) is 17.1 Å². The van der Waals surface area contributed by atoms with Crippen molar-refractivity contribution >= 4 is 5.78 Å². The second-order valence-corrected chi connectivity index (χ2v) is 4.34. The largest absolute Gasteiger partial charge is 0.289 e. The van der Waals surface area contributed by atoms with Gasteiger partial charge in [0.2, 0.25) is 0 Å². The zero-order valence-electron chi connectivity index (χ0n) is 10.5. The molecule has 0 aromatic heterocycles. The van der Waals surface area contributed by atoms with Crippen molar-refractivity contribution in [2.45, 2.75) is 20.3 Å². The molecule has 92 valence electrons. The maximum absolute atomic E-state index is 13.2. The van der Waals surface area contributed by atoms with Crippen LogP contribution in [0.2, 0.25) is 0 Å². The predicted octanol–water partition coefficient (Wildman–Crippen LogP) is 3.93. The van der Waals surface area contributed by atoms with E-state index < -0.39 is 0 Å². The third-order valence-electron chi connectivity index (χ3n) is 3.04. The van der Waals surface area contributed by atoms with E-state index in [0.717, 1.165) is 6.42 Å². The van der Waals surface area contributed by atoms with Gasteiger partial charge in [-0.2, -0.15) is 0 Å². The molecule has 0 spiro atoms. The molecule has 0 bridgehead atoms. The van der Waals surface area contributed by atoms with Crippen molar-refractivity contribution in [3.05, 3.63) is 70.5 Å². The molecule has 0 atom stereocenters. The molecule has 0 aliphatic heterocycles. The van der Waals surface area contributed by atoms with Gasteiger partial charge in [0, 0.05) is 11.1 Å². The minimum atomic E-state index is -0.284. The Morgan fingerprint density at radius 2 is 1.67 bits per heavy atom. The molecule has 0 saturated carbocycles. The summed E-state index contributed by atoms with van der Waals surface area (Å²) in [5.74, 6) is -0.353. The normalized spacial score (nSPS) is 10.4. The first-order valence-corrected chi connectivity index (χ1v) is 6.01. The molecule has 0 amide bonds. The van der Waals surface area contributed by atoms with Gasteiger partial charge >= 0.3 is 0 Å². The molecule has 18 heavy (non-hydrogen) atoms. The molecule has 2 rings (SSSR count). The van der Waals surface area contributed by atoms with Crippen LogP contribution in [0.3, 0.4) is 0 Å². The van der Waals surface area contributed by atoms with E-state index in [-0.39, 0.29) is 11.6 Å². The zero-order chi connectivity index (χ0) is 13.1. The fourth-order valence-electron chi connectivity index (χ4n) is 1.84. The summed E-state index contributed by atoms with van der Waals surface area (Å²) in [6, 6.07) is 12.0. The molecule has 0 aliphatic carbocycles. The summed E-state index contributed by atoms with van der Waals surface area (Å²) in [7, 11) is 0. The Balaban J connectivity index is 2.32. The first-order chi connectivity index (χ1) is 8.61. The van der Waals surface area contributed by atoms with Crippen LogP contribution < -0.4 is 0 Å². The summed E-state index contributed by atoms with van der Waals surface area (Å²) in [6.07, 6.45) is 0.949. The van der Waals surface area contributed by atoms with Crippen LogP contribution in [0.5, 0.6) is 0 Å². The van der Waals surface area contributed by atoms with Gasteiger partial charge in [0.25, 0.3) is 0 Å². The Kier molecular flexibility index (Phi) is 3.56. The Morgan fingerprint density at radius 1 is 1.06 bits per heavy atom. The molecule has 0 saturated heterocycles. The van der Waals surface area contributed by atoms with Gasteiger partial charge in [-0.3, -0.25) is 4.79 Å². The van der Waals surface area contributed by atoms with Gasteiger partial charge in [0.1, 0.15) is 5.82 Å². The lowest BCUT2D eigenvalue weighted by atomic mass is 10.00. The molecular formula is C16H15FO. The van der Waals surface area contributed by atoms with Crippen molar-refractivity contribution in [3.63, 3.8) is 0 Å². The molecular weight excluding hydrogens is 227 g/mol. The van der Waals surface area contributed by atoms with E-state index in [1.54, 1.807) is 13.0 Å². The summed E-state index contributed by atoms with van der Waals surface area (Å²) in [5.41, 5.74) is 2.85. The third-order valence-corrected chi connectivity index (χ3v) is 3.04. The smallest absolute Gasteiger partial charge is 0.193 e. The van der Waals surface area contributed by atoms with Crippen molar-refractivity contribution in [1.29, 1.82) is 0 Å². The lowest BCUT2D eigenvalue weighted by Gasteiger charge is -2.04. The Labute approximate surface area is 106 Å². The van der Waals surface area contributed by atoms with Crippen LogP contribution in [-0.4, -0.2) is 5.78 Å². The Hall–Kier alpha value is -1.96. The molecule has 0 heterocycles. The fourth-order valence-corrected chi connectivity index (χ4v) is 1.84. The number of halogens is 1. The third kappa shape index (κ3) is 2.48. The zero-order valence-corrected chi connectivity index (χ0v) is 10.5. The minimum absolute atomic E-state index is 0.0687. The van der Waals surface area contributed by atoms with Crippen LogP contribution >= 0.6 is 0 Å². The van der Waals surface area contributed by atoms with Crippen molar-refractivity contribution < 1.29 is 9.18 Å². The van der Waals surface area contributed by atoms with E-state index >= 15 is 0 Å². The molecule has 0 N–H and O–H groups in total. The highest BCUT2D eigenvalue weighted by atomic mass is 19.1. The first kappa shape index (κ1) is 12.5. The molecule has 0 unspecified atom stereocenters. The second kappa shape index (κ2) is 5.13. The van der Waals surface area contributed by atoms with Crippen molar-refractivity contribution in [2.24, 2.45) is 0 Å². The lowest BCUT2D eigenvalue weighted by Crippen LogP contribution is -2.02. The van der Waals surface area contributed by atoms with Crippen LogP contribution in [0.4, 0.5) is 4.39 Å². The molecule has 0 fully saturated rings. The van der Waals surface area contributed by atoms with Gasteiger partial charge < -0.3 is 0 Å². The average Bonchev–Trinajstić information content (AvgIpc) is 2.41. The predicted molar refractivity (Wildman–Crippen MR) is 70.4 cm³/mol. The number of carbonyl (C=O) groups is 1. The summed E-state index contributed by atoms with van der Waals surface area (Å²) in [5, 5.41) is 0. The van der Waals surface area contributed by atoms with E-state index in [2.05, 4.69) is 6.92 Å². The molecule has 2 aromatic carbocycles. The summed E-state index contributed by atoms with van der Waals surface area (Å²) in [6.45, 7) is 3.73. The summed E-state index contributed by atoms with van der Waals surface area (Å²) >= 11 is 0. The van der Waals surface area contributed by atoms with Crippen LogP contribution in [0.25, 0.3) is 0 Å². The standard InChI is InChI=1S/C16H15FO/c1-3-12-4-6-13(7-5-12)16(18)14-8-9-15(17)11(2)10-14/h4-10H,3H2,1-2H3. The molecule has 1 nitrogen and oxygen atoms in total. The molecule has 2 heteroatoms. The van der Waals surface area contributed by atoms with Crippen LogP contribution in [0.15, 0.2) is 42.5 Å². The quantitative estimate of drug-likeness (QED) is 0.745. The summed E-state index contributed by atoms with van der Waals surface area (Å²) < 4.78 is 13.2. The average molecular weight is 242 g/mol. The number of ketones is 1. The highest BCUT2D eigenvalue weighted by Crippen LogP contribution is 2.14. The van der Waals surface area contributed by atoms with Crippen molar-refractivity contribution in [3.8, 4) is 0 Å². The number of hydrogen-bond acceptors (Lipinski definition) is 1. The Bertz CT molecular complexity index is 570. The molecule has 0 aliphatic rings. The van der Waals surface area contributed by atoms with Crippen molar-refractivity contribution in [2.75, 3.05) is 0 Å². The van der Waals surface area contributed by atoms with E-state index in [1.807, 2.05) is 24.3 Å². The van der Waals surface area contributed by atoms with Gasteiger partial charge in [0.15, 0.2) is 5.78 Å². The number of aryl methyl sites for hydroxylation is 2. The summed E-state index contributed by atoms with van der Waals surface area (Å²) in [4.78, 5) is 12.2. The maximum Gasteiger partial charge on any atom is 0.193 e. The van der Waals surface area contributed by atoms with Gasteiger partial charge in [-0.05, 0) is 42.7 Å². The van der Waals surface area contributed by atoms with E-state index in [4.69, 9.17) is 0 Å². The van der Waals surface area contributed by atoms with E-state index in [0.29, 0.717) is 16.7 Å². The minimum Gasteiger partial charge on any atom is -0.289 e. The van der Waals surface area contributed by atoms with Gasteiger partial charge in [-0.1, -0.05) is 31.2 Å². The number of hydrogen-bond donors (Lipinski definition) is 0. The number of carbonyl (C=O) groups excluding carboxylic acids is 1. The van der Waals surface area contributed by atoms with Crippen molar-refractivity contribution in [1.82, 2.24) is 0 Å². The first-order valence-electron chi connectivity index (χ1n) is 6.01. The van der Waals surface area contributed by atoms with Gasteiger partial charge in [-0.25, -0.2) is 4.39 Å². The number of benzene rings is 2. The highest BCUT2D eigenvalue weighted by molar-refractivity contribution is 6.09. The Morgan fingerprint density at radius 3 is 2.22 bits per heavy atom. The van der Waals surface area contributed by atoms with E-state index in [1.165, 1.54) is 17.7 Å². The maximum atomic E-state index is 13.2. The van der Waals surface area contributed by atoms with E-state index in [9.17, 15) is 9.18 Å². The van der Waals surface area contributed by atoms with Gasteiger partial charge in [0.05, 0.1) is 0 Å². The second-order valence-electron chi connectivity index (χ2n) is 4.34. The molecule has 2 aromatic rings. The van der Waals surface area contributed by atoms with Gasteiger partial charge in [-0.15, -0.1) is 0 Å². The fraction of sp³-hybridized carbons (Fsp3) is 0.188. The SMILES string of the molecule is CCc1ccc(C(=O)c2ccc(F)c(C)c2)cc1. The van der Waals surface area contributed by atoms with Crippen LogP contribution in [-0.2, 0) is 6.42 Å². The lowest BCUT2D eigenvalue weighted by molar-refractivity contribution is 0.103. The monoisotopic (exact) mass is 242 g/mol. The highest BCUT2D eigenvalue weighted by Gasteiger charge is 2.10. The van der Waals surface area contributed by atoms with Crippen LogP contribution in [0, 0.1) is 12.7 Å². The molecule has 0 radical (unpaired) electrons.